The molecular weight excluding hydrogens is 550 g/mol. The maximum Gasteiger partial charge on any atom is 0.248 e. The van der Waals surface area contributed by atoms with Gasteiger partial charge in [-0.05, 0) is 42.5 Å². The van der Waals surface area contributed by atoms with Crippen molar-refractivity contribution in [3.63, 3.8) is 0 Å². The molecule has 230 valence electrons. The molecule has 3 aromatic rings. The summed E-state index contributed by atoms with van der Waals surface area (Å²) in [4.78, 5) is 28.8. The van der Waals surface area contributed by atoms with Crippen molar-refractivity contribution in [2.75, 3.05) is 63.3 Å². The number of piperidine rings is 1. The van der Waals surface area contributed by atoms with Crippen LogP contribution in [0.1, 0.15) is 32.8 Å². The number of nitrogens with zero attached hydrogens (tertiary/aromatic N) is 6. The van der Waals surface area contributed by atoms with E-state index in [1.54, 1.807) is 17.0 Å². The van der Waals surface area contributed by atoms with Crippen LogP contribution in [0.2, 0.25) is 0 Å². The number of hydrogen-bond donors (Lipinski definition) is 3. The average molecular weight is 592 g/mol. The lowest BCUT2D eigenvalue weighted by atomic mass is 9.96. The van der Waals surface area contributed by atoms with E-state index in [-0.39, 0.29) is 17.9 Å². The number of aliphatic hydroxyl groups is 2. The molecule has 2 atom stereocenters. The molecule has 2 fully saturated rings. The summed E-state index contributed by atoms with van der Waals surface area (Å²) in [5.41, 5.74) is 3.04. The summed E-state index contributed by atoms with van der Waals surface area (Å²) in [5.74, 6) is 1.09. The molecule has 12 nitrogen and oxygen atoms in total. The number of nitrogens with one attached hydrogen (secondary N) is 1. The highest BCUT2D eigenvalue weighted by Crippen LogP contribution is 2.29. The van der Waals surface area contributed by atoms with Crippen molar-refractivity contribution >= 4 is 23.2 Å². The van der Waals surface area contributed by atoms with Gasteiger partial charge in [0.25, 0.3) is 0 Å². The smallest absolute Gasteiger partial charge is 0.248 e. The minimum absolute atomic E-state index is 0.0561. The van der Waals surface area contributed by atoms with Gasteiger partial charge in [0.05, 0.1) is 18.8 Å². The monoisotopic (exact) mass is 591 g/mol. The van der Waals surface area contributed by atoms with Gasteiger partial charge in [-0.1, -0.05) is 20.8 Å². The van der Waals surface area contributed by atoms with Crippen molar-refractivity contribution in [1.82, 2.24) is 19.9 Å². The Labute approximate surface area is 252 Å². The van der Waals surface area contributed by atoms with Gasteiger partial charge in [-0.15, -0.1) is 0 Å². The Morgan fingerprint density at radius 3 is 2.49 bits per heavy atom. The van der Waals surface area contributed by atoms with Crippen LogP contribution >= 0.6 is 0 Å². The molecule has 2 saturated heterocycles. The molecule has 5 rings (SSSR count). The lowest BCUT2D eigenvalue weighted by Gasteiger charge is -2.36. The van der Waals surface area contributed by atoms with E-state index >= 15 is 0 Å². The highest BCUT2D eigenvalue weighted by Gasteiger charge is 2.30. The van der Waals surface area contributed by atoms with E-state index in [0.717, 1.165) is 44.8 Å². The van der Waals surface area contributed by atoms with Gasteiger partial charge in [0.15, 0.2) is 5.82 Å². The number of rotatable bonds is 7. The van der Waals surface area contributed by atoms with Crippen LogP contribution in [0, 0.1) is 17.2 Å². The van der Waals surface area contributed by atoms with Gasteiger partial charge < -0.3 is 34.8 Å². The lowest BCUT2D eigenvalue weighted by Crippen LogP contribution is -2.47. The molecule has 1 aromatic heterocycles. The van der Waals surface area contributed by atoms with Gasteiger partial charge >= 0.3 is 0 Å². The summed E-state index contributed by atoms with van der Waals surface area (Å²) in [6, 6.07) is 15.6. The molecule has 43 heavy (non-hydrogen) atoms. The highest BCUT2D eigenvalue weighted by molar-refractivity contribution is 5.77. The molecule has 2 aromatic carbocycles. The second-order valence-electron chi connectivity index (χ2n) is 9.65. The number of nitriles is 1. The molecule has 0 aliphatic carbocycles. The molecule has 1 amide bonds. The van der Waals surface area contributed by atoms with Crippen molar-refractivity contribution in [3.8, 4) is 23.2 Å². The van der Waals surface area contributed by atoms with Crippen LogP contribution in [-0.4, -0.2) is 95.2 Å². The average Bonchev–Trinajstić information content (AvgIpc) is 3.08. The van der Waals surface area contributed by atoms with E-state index < -0.39 is 6.61 Å². The Morgan fingerprint density at radius 1 is 1.12 bits per heavy atom. The highest BCUT2D eigenvalue weighted by atomic mass is 16.5. The lowest BCUT2D eigenvalue weighted by molar-refractivity contribution is -0.137. The first-order valence-corrected chi connectivity index (χ1v) is 14.5. The second kappa shape index (κ2) is 17.0. The van der Waals surface area contributed by atoms with Gasteiger partial charge in [-0.25, -0.2) is 9.97 Å². The van der Waals surface area contributed by atoms with E-state index in [1.165, 1.54) is 6.33 Å². The van der Waals surface area contributed by atoms with Crippen LogP contribution in [0.4, 0.5) is 17.3 Å². The third-order valence-electron chi connectivity index (χ3n) is 7.02. The molecule has 2 aliphatic heterocycles. The third kappa shape index (κ3) is 8.84. The van der Waals surface area contributed by atoms with Crippen molar-refractivity contribution in [1.29, 1.82) is 5.26 Å². The van der Waals surface area contributed by atoms with Crippen molar-refractivity contribution in [2.24, 2.45) is 5.92 Å². The zero-order chi connectivity index (χ0) is 31.2. The number of carbonyl (C=O) groups excluding carboxylic acids is 1. The minimum atomic E-state index is -0.492. The Balaban J connectivity index is 0.00000121. The number of anilines is 3. The SMILES string of the molecule is CC.CC1CN(C(=O)CO)CCC1Oc1ccc(-c2ncnc(Nc3ccc(N4CCOCC4)cc3)n2)cc1C#N.CO. The topological polar surface area (TPSA) is 157 Å². The van der Waals surface area contributed by atoms with Gasteiger partial charge in [-0.3, -0.25) is 4.79 Å². The van der Waals surface area contributed by atoms with Gasteiger partial charge in [-0.2, -0.15) is 10.2 Å². The Morgan fingerprint density at radius 2 is 1.84 bits per heavy atom. The summed E-state index contributed by atoms with van der Waals surface area (Å²) in [5, 5.41) is 29.2. The second-order valence-corrected chi connectivity index (χ2v) is 9.65. The predicted molar refractivity (Wildman–Crippen MR) is 164 cm³/mol. The maximum atomic E-state index is 11.8. The zero-order valence-corrected chi connectivity index (χ0v) is 25.2. The summed E-state index contributed by atoms with van der Waals surface area (Å²) >= 11 is 0. The van der Waals surface area contributed by atoms with E-state index in [1.807, 2.05) is 39.0 Å². The predicted octanol–water partition coefficient (Wildman–Crippen LogP) is 3.23. The molecule has 0 bridgehead atoms. The Kier molecular flexibility index (Phi) is 13.1. The zero-order valence-electron chi connectivity index (χ0n) is 25.2. The van der Waals surface area contributed by atoms with Crippen LogP contribution in [0.5, 0.6) is 5.75 Å². The number of amides is 1. The third-order valence-corrected chi connectivity index (χ3v) is 7.02. The summed E-state index contributed by atoms with van der Waals surface area (Å²) in [7, 11) is 1.00. The van der Waals surface area contributed by atoms with E-state index in [0.29, 0.717) is 48.2 Å². The molecule has 3 heterocycles. The van der Waals surface area contributed by atoms with Crippen LogP contribution in [0.25, 0.3) is 11.4 Å². The molecule has 3 N–H and O–H groups in total. The molecule has 0 saturated carbocycles. The number of hydrogen-bond acceptors (Lipinski definition) is 11. The van der Waals surface area contributed by atoms with Gasteiger partial charge in [0.2, 0.25) is 11.9 Å². The van der Waals surface area contributed by atoms with Gasteiger partial charge in [0, 0.05) is 62.6 Å². The fraction of sp³-hybridized carbons (Fsp3) is 0.452. The number of likely N-dealkylation sites (tertiary alicyclic amines) is 1. The number of ether oxygens (including phenoxy) is 2. The fourth-order valence-corrected chi connectivity index (χ4v) is 4.85. The maximum absolute atomic E-state index is 11.8. The quantitative estimate of drug-likeness (QED) is 0.371. The number of carbonyl (C=O) groups is 1. The molecular formula is C31H41N7O5. The standard InChI is InChI=1S/C28H31N7O4.C2H6.CH4O/c1-19-16-35(26(37)17-36)9-8-24(19)39-25-7-2-20(14-21(25)15-29)27-30-18-31-28(33-27)32-22-3-5-23(6-4-22)34-10-12-38-13-11-34;2*1-2/h2-7,14,18-19,24,36H,8-13,16-17H2,1H3,(H,30,31,32,33);1-2H3;2H,1H3. The molecule has 2 unspecified atom stereocenters. The Bertz CT molecular complexity index is 1340. The summed E-state index contributed by atoms with van der Waals surface area (Å²) < 4.78 is 11.6. The van der Waals surface area contributed by atoms with Gasteiger partial charge in [0.1, 0.15) is 30.9 Å². The van der Waals surface area contributed by atoms with E-state index in [4.69, 9.17) is 19.7 Å². The first-order valence-electron chi connectivity index (χ1n) is 14.5. The number of aromatic nitrogens is 3. The molecule has 12 heteroatoms. The fourth-order valence-electron chi connectivity index (χ4n) is 4.85. The number of aliphatic hydroxyl groups excluding tert-OH is 2. The van der Waals surface area contributed by atoms with E-state index in [9.17, 15) is 10.1 Å². The van der Waals surface area contributed by atoms with E-state index in [2.05, 4.69) is 43.4 Å². The van der Waals surface area contributed by atoms with Crippen LogP contribution in [-0.2, 0) is 9.53 Å². The normalized spacial score (nSPS) is 17.8. The van der Waals surface area contributed by atoms with Crippen LogP contribution in [0.3, 0.4) is 0 Å². The number of benzene rings is 2. The number of morpholine rings is 1. The van der Waals surface area contributed by atoms with Crippen molar-refractivity contribution in [3.05, 3.63) is 54.4 Å². The first-order chi connectivity index (χ1) is 21.0. The molecule has 2 aliphatic rings. The summed E-state index contributed by atoms with van der Waals surface area (Å²) in [6.07, 6.45) is 1.91. The molecule has 0 radical (unpaired) electrons. The van der Waals surface area contributed by atoms with Crippen molar-refractivity contribution in [2.45, 2.75) is 33.3 Å². The van der Waals surface area contributed by atoms with Crippen LogP contribution < -0.4 is 15.0 Å². The minimum Gasteiger partial charge on any atom is -0.489 e. The first kappa shape index (κ1) is 33.2. The molecule has 0 spiro atoms. The van der Waals surface area contributed by atoms with Crippen LogP contribution in [0.15, 0.2) is 48.8 Å². The summed E-state index contributed by atoms with van der Waals surface area (Å²) in [6.45, 7) is 9.74. The Hall–Kier alpha value is -4.31. The van der Waals surface area contributed by atoms with Crippen molar-refractivity contribution < 1.29 is 24.5 Å². The largest absolute Gasteiger partial charge is 0.489 e.